The van der Waals surface area contributed by atoms with Crippen LogP contribution in [-0.2, 0) is 0 Å². The summed E-state index contributed by atoms with van der Waals surface area (Å²) in [4.78, 5) is 17.9. The Balaban J connectivity index is 2.45. The fraction of sp³-hybridized carbons (Fsp3) is 0.600. The average Bonchev–Trinajstić information content (AvgIpc) is 2.46. The molecule has 0 saturated carbocycles. The van der Waals surface area contributed by atoms with Crippen LogP contribution in [0.4, 0.5) is 10.2 Å². The van der Waals surface area contributed by atoms with Crippen LogP contribution in [0.5, 0.6) is 0 Å². The minimum atomic E-state index is -0.759. The summed E-state index contributed by atoms with van der Waals surface area (Å²) in [6.07, 6.45) is 3.17. The van der Waals surface area contributed by atoms with E-state index in [4.69, 9.17) is 5.73 Å². The molecule has 0 aliphatic carbocycles. The monoisotopic (exact) mass is 296 g/mol. The molecule has 1 amide bonds. The third kappa shape index (κ3) is 5.30. The summed E-state index contributed by atoms with van der Waals surface area (Å²) in [7, 11) is 0. The van der Waals surface area contributed by atoms with Crippen molar-refractivity contribution in [1.29, 1.82) is 0 Å². The molecule has 0 aliphatic rings. The van der Waals surface area contributed by atoms with Crippen LogP contribution in [0.1, 0.15) is 44.0 Å². The normalized spacial score (nSPS) is 12.4. The molecule has 1 atom stereocenters. The lowest BCUT2D eigenvalue weighted by Crippen LogP contribution is -2.34. The summed E-state index contributed by atoms with van der Waals surface area (Å²) >= 11 is 0. The van der Waals surface area contributed by atoms with Crippen molar-refractivity contribution >= 4 is 11.7 Å². The van der Waals surface area contributed by atoms with Gasteiger partial charge in [-0.1, -0.05) is 13.8 Å². The van der Waals surface area contributed by atoms with Gasteiger partial charge in [-0.05, 0) is 45.5 Å². The molecular formula is C15H25FN4O. The molecule has 5 nitrogen and oxygen atoms in total. The fourth-order valence-corrected chi connectivity index (χ4v) is 2.17. The van der Waals surface area contributed by atoms with E-state index in [1.165, 1.54) is 12.3 Å². The highest BCUT2D eigenvalue weighted by atomic mass is 19.1. The lowest BCUT2D eigenvalue weighted by molar-refractivity contribution is 0.0933. The van der Waals surface area contributed by atoms with Crippen molar-refractivity contribution in [2.75, 3.05) is 25.4 Å². The second-order valence-corrected chi connectivity index (χ2v) is 5.10. The highest BCUT2D eigenvalue weighted by molar-refractivity contribution is 5.95. The smallest absolute Gasteiger partial charge is 0.254 e. The Labute approximate surface area is 125 Å². The van der Waals surface area contributed by atoms with E-state index in [0.717, 1.165) is 32.5 Å². The highest BCUT2D eigenvalue weighted by Crippen LogP contribution is 2.12. The van der Waals surface area contributed by atoms with Crippen molar-refractivity contribution in [2.24, 2.45) is 0 Å². The van der Waals surface area contributed by atoms with Crippen molar-refractivity contribution in [3.63, 3.8) is 0 Å². The summed E-state index contributed by atoms with van der Waals surface area (Å²) in [5, 5.41) is 2.79. The van der Waals surface area contributed by atoms with Crippen LogP contribution >= 0.6 is 0 Å². The quantitative estimate of drug-likeness (QED) is 0.770. The predicted molar refractivity (Wildman–Crippen MR) is 82.6 cm³/mol. The lowest BCUT2D eigenvalue weighted by Gasteiger charge is -2.19. The number of carbonyl (C=O) groups excluding carboxylic acids is 1. The Morgan fingerprint density at radius 3 is 2.76 bits per heavy atom. The Hall–Kier alpha value is -1.69. The van der Waals surface area contributed by atoms with Gasteiger partial charge in [0.1, 0.15) is 0 Å². The van der Waals surface area contributed by atoms with Crippen molar-refractivity contribution in [1.82, 2.24) is 15.2 Å². The summed E-state index contributed by atoms with van der Waals surface area (Å²) in [6, 6.07) is 1.32. The van der Waals surface area contributed by atoms with Crippen LogP contribution in [0, 0.1) is 5.82 Å². The average molecular weight is 296 g/mol. The maximum atomic E-state index is 13.7. The molecule has 0 fully saturated rings. The number of amides is 1. The number of nitrogens with zero attached hydrogens (tertiary/aromatic N) is 2. The van der Waals surface area contributed by atoms with Gasteiger partial charge < -0.3 is 16.0 Å². The Kier molecular flexibility index (Phi) is 7.08. The first kappa shape index (κ1) is 17.4. The molecule has 0 aromatic carbocycles. The summed E-state index contributed by atoms with van der Waals surface area (Å²) in [5.74, 6) is -1.46. The Morgan fingerprint density at radius 1 is 1.48 bits per heavy atom. The Bertz CT molecular complexity index is 463. The molecule has 0 radical (unpaired) electrons. The van der Waals surface area contributed by atoms with E-state index in [1.807, 2.05) is 6.92 Å². The third-order valence-corrected chi connectivity index (χ3v) is 3.54. The number of carbonyl (C=O) groups is 1. The maximum absolute atomic E-state index is 13.7. The number of nitrogen functional groups attached to an aromatic ring is 1. The fourth-order valence-electron chi connectivity index (χ4n) is 2.17. The SMILES string of the molecule is CCN(CC)CCCC(C)NC(=O)c1ccnc(N)c1F. The van der Waals surface area contributed by atoms with Crippen molar-refractivity contribution in [2.45, 2.75) is 39.7 Å². The molecule has 1 rings (SSSR count). The summed E-state index contributed by atoms with van der Waals surface area (Å²) < 4.78 is 13.7. The number of anilines is 1. The molecule has 1 aromatic rings. The van der Waals surface area contributed by atoms with E-state index in [2.05, 4.69) is 29.0 Å². The lowest BCUT2D eigenvalue weighted by atomic mass is 10.1. The molecule has 21 heavy (non-hydrogen) atoms. The van der Waals surface area contributed by atoms with Crippen LogP contribution in [0.3, 0.4) is 0 Å². The van der Waals surface area contributed by atoms with E-state index < -0.39 is 11.7 Å². The first-order valence-corrected chi connectivity index (χ1v) is 7.42. The second kappa shape index (κ2) is 8.56. The molecule has 0 saturated heterocycles. The third-order valence-electron chi connectivity index (χ3n) is 3.54. The van der Waals surface area contributed by atoms with Gasteiger partial charge in [0, 0.05) is 12.2 Å². The van der Waals surface area contributed by atoms with E-state index in [1.54, 1.807) is 0 Å². The number of pyridine rings is 1. The van der Waals surface area contributed by atoms with E-state index in [0.29, 0.717) is 0 Å². The number of aromatic nitrogens is 1. The minimum Gasteiger partial charge on any atom is -0.381 e. The van der Waals surface area contributed by atoms with Crippen LogP contribution in [0.25, 0.3) is 0 Å². The predicted octanol–water partition coefficient (Wildman–Crippen LogP) is 2.04. The number of hydrogen-bond acceptors (Lipinski definition) is 4. The number of halogens is 1. The molecule has 1 heterocycles. The van der Waals surface area contributed by atoms with Gasteiger partial charge in [-0.3, -0.25) is 4.79 Å². The molecule has 1 aromatic heterocycles. The molecular weight excluding hydrogens is 271 g/mol. The molecule has 0 bridgehead atoms. The van der Waals surface area contributed by atoms with E-state index in [9.17, 15) is 9.18 Å². The largest absolute Gasteiger partial charge is 0.381 e. The van der Waals surface area contributed by atoms with Crippen LogP contribution in [0.15, 0.2) is 12.3 Å². The molecule has 3 N–H and O–H groups in total. The van der Waals surface area contributed by atoms with Gasteiger partial charge in [0.15, 0.2) is 11.6 Å². The first-order chi connectivity index (χ1) is 9.99. The zero-order valence-corrected chi connectivity index (χ0v) is 13.0. The highest BCUT2D eigenvalue weighted by Gasteiger charge is 2.16. The zero-order chi connectivity index (χ0) is 15.8. The van der Waals surface area contributed by atoms with E-state index in [-0.39, 0.29) is 17.4 Å². The molecule has 1 unspecified atom stereocenters. The van der Waals surface area contributed by atoms with Crippen molar-refractivity contribution < 1.29 is 9.18 Å². The van der Waals surface area contributed by atoms with Gasteiger partial charge in [-0.25, -0.2) is 9.37 Å². The number of nitrogens with two attached hydrogens (primary N) is 1. The zero-order valence-electron chi connectivity index (χ0n) is 13.0. The summed E-state index contributed by atoms with van der Waals surface area (Å²) in [6.45, 7) is 9.24. The minimum absolute atomic E-state index is 0.0122. The van der Waals surface area contributed by atoms with E-state index >= 15 is 0 Å². The number of hydrogen-bond donors (Lipinski definition) is 2. The van der Waals surface area contributed by atoms with Crippen LogP contribution in [-0.4, -0.2) is 41.5 Å². The topological polar surface area (TPSA) is 71.2 Å². The van der Waals surface area contributed by atoms with Gasteiger partial charge in [0.05, 0.1) is 5.56 Å². The molecule has 0 aliphatic heterocycles. The standard InChI is InChI=1S/C15H25FN4O/c1-4-20(5-2)10-6-7-11(3)19-15(21)12-8-9-18-14(17)13(12)16/h8-9,11H,4-7,10H2,1-3H3,(H2,17,18)(H,19,21). The maximum Gasteiger partial charge on any atom is 0.254 e. The summed E-state index contributed by atoms with van der Waals surface area (Å²) in [5.41, 5.74) is 5.30. The van der Waals surface area contributed by atoms with Gasteiger partial charge in [0.25, 0.3) is 5.91 Å². The Morgan fingerprint density at radius 2 is 2.14 bits per heavy atom. The van der Waals surface area contributed by atoms with Crippen LogP contribution in [0.2, 0.25) is 0 Å². The first-order valence-electron chi connectivity index (χ1n) is 7.42. The number of nitrogens with one attached hydrogen (secondary N) is 1. The van der Waals surface area contributed by atoms with Crippen molar-refractivity contribution in [3.05, 3.63) is 23.6 Å². The molecule has 0 spiro atoms. The van der Waals surface area contributed by atoms with Gasteiger partial charge >= 0.3 is 0 Å². The van der Waals surface area contributed by atoms with Gasteiger partial charge in [0.2, 0.25) is 0 Å². The second-order valence-electron chi connectivity index (χ2n) is 5.10. The van der Waals surface area contributed by atoms with Gasteiger partial charge in [-0.2, -0.15) is 0 Å². The molecule has 6 heteroatoms. The van der Waals surface area contributed by atoms with Crippen molar-refractivity contribution in [3.8, 4) is 0 Å². The van der Waals surface area contributed by atoms with Crippen LogP contribution < -0.4 is 11.1 Å². The van der Waals surface area contributed by atoms with Gasteiger partial charge in [-0.15, -0.1) is 0 Å². The molecule has 118 valence electrons. The number of rotatable bonds is 8.